The molecule has 0 saturated carbocycles. The Hall–Kier alpha value is -4.94. The smallest absolute Gasteiger partial charge is 0.259 e. The van der Waals surface area contributed by atoms with Crippen molar-refractivity contribution in [1.82, 2.24) is 19.7 Å². The van der Waals surface area contributed by atoms with Crippen molar-refractivity contribution in [1.29, 1.82) is 0 Å². The number of morpholine rings is 1. The summed E-state index contributed by atoms with van der Waals surface area (Å²) >= 11 is 0. The zero-order chi connectivity index (χ0) is 33.2. The molecule has 0 unspecified atom stereocenters. The standard InChI is InChI=1S/C37H36FN5O6/c38-27-16-25-33-36(34(27)42-11-8-22(19-42)39-32(44)21-40-9-4-1-5-10-40)49-31-17-24-23-6-2-3-7-29(23)48-30(24)18-28(31)43(33)20-26(35(25)45)37(46)41-12-14-47-15-13-41/h2-3,6-7,16-18,20,22H,1,4-5,8-15,19,21H2,(H,39,44)/t22-/m1/s1. The number of furan rings is 1. The molecule has 3 fully saturated rings. The molecule has 9 rings (SSSR count). The molecule has 0 aliphatic carbocycles. The zero-order valence-corrected chi connectivity index (χ0v) is 27.0. The molecule has 0 radical (unpaired) electrons. The number of ether oxygens (including phenoxy) is 2. The first-order valence-electron chi connectivity index (χ1n) is 17.1. The van der Waals surface area contributed by atoms with Gasteiger partial charge in [-0.25, -0.2) is 4.39 Å². The number of aromatic nitrogens is 1. The van der Waals surface area contributed by atoms with Crippen LogP contribution < -0.4 is 20.4 Å². The number of nitrogens with one attached hydrogen (secondary N) is 1. The van der Waals surface area contributed by atoms with E-state index in [0.29, 0.717) is 80.5 Å². The van der Waals surface area contributed by atoms with Crippen LogP contribution in [0.2, 0.25) is 0 Å². The molecule has 6 heterocycles. The molecule has 0 spiro atoms. The van der Waals surface area contributed by atoms with Crippen LogP contribution in [-0.2, 0) is 9.53 Å². The second-order valence-electron chi connectivity index (χ2n) is 13.4. The maximum Gasteiger partial charge on any atom is 0.259 e. The van der Waals surface area contributed by atoms with Crippen LogP contribution in [0.3, 0.4) is 0 Å². The number of pyridine rings is 1. The number of halogens is 1. The minimum atomic E-state index is -0.624. The molecular formula is C37H36FN5O6. The predicted octanol–water partition coefficient (Wildman–Crippen LogP) is 4.79. The lowest BCUT2D eigenvalue weighted by molar-refractivity contribution is -0.123. The van der Waals surface area contributed by atoms with Crippen molar-refractivity contribution in [3.05, 3.63) is 70.3 Å². The van der Waals surface area contributed by atoms with Gasteiger partial charge in [0.2, 0.25) is 11.3 Å². The summed E-state index contributed by atoms with van der Waals surface area (Å²) in [6.07, 6.45) is 5.60. The molecule has 1 atom stereocenters. The van der Waals surface area contributed by atoms with Gasteiger partial charge < -0.3 is 33.6 Å². The van der Waals surface area contributed by atoms with Crippen molar-refractivity contribution < 1.29 is 27.9 Å². The molecule has 4 aliphatic rings. The quantitative estimate of drug-likeness (QED) is 0.280. The minimum absolute atomic E-state index is 0.0260. The van der Waals surface area contributed by atoms with Gasteiger partial charge in [-0.3, -0.25) is 19.3 Å². The first-order valence-corrected chi connectivity index (χ1v) is 17.1. The van der Waals surface area contributed by atoms with E-state index in [2.05, 4.69) is 10.2 Å². The van der Waals surface area contributed by atoms with Crippen molar-refractivity contribution in [2.45, 2.75) is 31.7 Å². The van der Waals surface area contributed by atoms with E-state index in [1.54, 1.807) is 15.7 Å². The molecule has 12 heteroatoms. The Bertz CT molecular complexity index is 2220. The van der Waals surface area contributed by atoms with Crippen molar-refractivity contribution in [2.24, 2.45) is 0 Å². The second kappa shape index (κ2) is 11.9. The molecule has 3 aromatic carbocycles. The molecule has 252 valence electrons. The lowest BCUT2D eigenvalue weighted by Crippen LogP contribution is -2.44. The molecule has 0 bridgehead atoms. The number of para-hydroxylation sites is 1. The molecule has 1 N–H and O–H groups in total. The summed E-state index contributed by atoms with van der Waals surface area (Å²) in [5.41, 5.74) is 1.89. The third-order valence-corrected chi connectivity index (χ3v) is 10.3. The fraction of sp³-hybridized carbons (Fsp3) is 0.378. The van der Waals surface area contributed by atoms with Crippen molar-refractivity contribution in [3.63, 3.8) is 0 Å². The summed E-state index contributed by atoms with van der Waals surface area (Å²) in [5, 5.41) is 4.94. The molecule has 2 aromatic heterocycles. The van der Waals surface area contributed by atoms with Crippen LogP contribution in [0.15, 0.2) is 57.9 Å². The highest BCUT2D eigenvalue weighted by Gasteiger charge is 2.35. The molecular weight excluding hydrogens is 629 g/mol. The highest BCUT2D eigenvalue weighted by Crippen LogP contribution is 2.49. The number of carbonyl (C=O) groups excluding carboxylic acids is 2. The number of carbonyl (C=O) groups is 2. The Balaban J connectivity index is 1.14. The maximum absolute atomic E-state index is 16.4. The topological polar surface area (TPSA) is 109 Å². The van der Waals surface area contributed by atoms with Crippen molar-refractivity contribution in [2.75, 3.05) is 63.9 Å². The number of amides is 2. The van der Waals surface area contributed by atoms with Crippen LogP contribution in [0.4, 0.5) is 10.1 Å². The molecule has 4 aliphatic heterocycles. The van der Waals surface area contributed by atoms with Crippen LogP contribution in [0.25, 0.3) is 38.5 Å². The number of fused-ring (bicyclic) bond motifs is 5. The zero-order valence-electron chi connectivity index (χ0n) is 27.0. The number of hydrogen-bond donors (Lipinski definition) is 1. The van der Waals surface area contributed by atoms with Gasteiger partial charge in [-0.1, -0.05) is 24.6 Å². The van der Waals surface area contributed by atoms with Crippen molar-refractivity contribution in [3.8, 4) is 17.2 Å². The first-order chi connectivity index (χ1) is 23.9. The van der Waals surface area contributed by atoms with E-state index in [9.17, 15) is 14.4 Å². The first kappa shape index (κ1) is 30.1. The number of rotatable bonds is 5. The average Bonchev–Trinajstić information content (AvgIpc) is 3.72. The van der Waals surface area contributed by atoms with Gasteiger partial charge in [0.25, 0.3) is 5.91 Å². The van der Waals surface area contributed by atoms with Crippen LogP contribution in [0.1, 0.15) is 36.0 Å². The number of hydrogen-bond acceptors (Lipinski definition) is 8. The van der Waals surface area contributed by atoms with Gasteiger partial charge in [0.15, 0.2) is 17.3 Å². The molecule has 11 nitrogen and oxygen atoms in total. The van der Waals surface area contributed by atoms with E-state index in [0.717, 1.165) is 36.7 Å². The Morgan fingerprint density at radius 3 is 2.57 bits per heavy atom. The summed E-state index contributed by atoms with van der Waals surface area (Å²) < 4.78 is 36.4. The van der Waals surface area contributed by atoms with Gasteiger partial charge in [0.1, 0.15) is 27.9 Å². The second-order valence-corrected chi connectivity index (χ2v) is 13.4. The van der Waals surface area contributed by atoms with E-state index in [-0.39, 0.29) is 34.3 Å². The van der Waals surface area contributed by atoms with Gasteiger partial charge in [-0.15, -0.1) is 0 Å². The maximum atomic E-state index is 16.4. The number of piperidine rings is 1. The predicted molar refractivity (Wildman–Crippen MR) is 183 cm³/mol. The van der Waals surface area contributed by atoms with Gasteiger partial charge in [-0.2, -0.15) is 0 Å². The summed E-state index contributed by atoms with van der Waals surface area (Å²) in [4.78, 5) is 46.4. The van der Waals surface area contributed by atoms with Crippen LogP contribution >= 0.6 is 0 Å². The third-order valence-electron chi connectivity index (χ3n) is 10.3. The van der Waals surface area contributed by atoms with E-state index in [1.165, 1.54) is 12.5 Å². The summed E-state index contributed by atoms with van der Waals surface area (Å²) in [6.45, 7) is 4.58. The largest absolute Gasteiger partial charge is 0.456 e. The minimum Gasteiger partial charge on any atom is -0.456 e. The lowest BCUT2D eigenvalue weighted by Gasteiger charge is -2.30. The normalized spacial score (nSPS) is 19.4. The van der Waals surface area contributed by atoms with E-state index >= 15 is 4.39 Å². The van der Waals surface area contributed by atoms with E-state index in [1.807, 2.05) is 41.3 Å². The third kappa shape index (κ3) is 5.12. The number of likely N-dealkylation sites (tertiary alicyclic amines) is 1. The number of benzene rings is 3. The van der Waals surface area contributed by atoms with E-state index in [4.69, 9.17) is 13.9 Å². The summed E-state index contributed by atoms with van der Waals surface area (Å²) in [6, 6.07) is 12.5. The highest BCUT2D eigenvalue weighted by molar-refractivity contribution is 6.07. The van der Waals surface area contributed by atoms with Crippen LogP contribution in [-0.4, -0.2) is 91.3 Å². The Morgan fingerprint density at radius 1 is 0.918 bits per heavy atom. The molecule has 49 heavy (non-hydrogen) atoms. The average molecular weight is 666 g/mol. The van der Waals surface area contributed by atoms with Crippen molar-refractivity contribution >= 4 is 50.3 Å². The Morgan fingerprint density at radius 2 is 1.73 bits per heavy atom. The highest BCUT2D eigenvalue weighted by atomic mass is 19.1. The van der Waals surface area contributed by atoms with E-state index < -0.39 is 17.2 Å². The summed E-state index contributed by atoms with van der Waals surface area (Å²) in [7, 11) is 0. The summed E-state index contributed by atoms with van der Waals surface area (Å²) in [5.74, 6) is -0.427. The molecule has 5 aromatic rings. The molecule has 2 amide bonds. The Labute approximate surface area is 280 Å². The fourth-order valence-corrected chi connectivity index (χ4v) is 7.88. The van der Waals surface area contributed by atoms with Gasteiger partial charge in [0.05, 0.1) is 30.8 Å². The van der Waals surface area contributed by atoms with Gasteiger partial charge >= 0.3 is 0 Å². The lowest BCUT2D eigenvalue weighted by atomic mass is 10.0. The van der Waals surface area contributed by atoms with Crippen LogP contribution in [0, 0.1) is 5.82 Å². The number of nitrogens with zero attached hydrogens (tertiary/aromatic N) is 4. The number of anilines is 1. The monoisotopic (exact) mass is 665 g/mol. The molecule has 3 saturated heterocycles. The van der Waals surface area contributed by atoms with Gasteiger partial charge in [0, 0.05) is 55.3 Å². The van der Waals surface area contributed by atoms with Crippen LogP contribution in [0.5, 0.6) is 11.5 Å². The SMILES string of the molecule is O=C(CN1CCCCC1)N[C@@H]1CCN(c2c(F)cc3c(=O)c(C(=O)N4CCOCC4)cn4c3c2Oc2cc3c(cc2-4)oc2ccccc23)C1. The van der Waals surface area contributed by atoms with Gasteiger partial charge in [-0.05, 0) is 50.6 Å². The fourth-order valence-electron chi connectivity index (χ4n) is 7.88. The Kier molecular flexibility index (Phi) is 7.31.